The van der Waals surface area contributed by atoms with Crippen LogP contribution >= 0.6 is 0 Å². The summed E-state index contributed by atoms with van der Waals surface area (Å²) in [6.45, 7) is 1.13. The van der Waals surface area contributed by atoms with Crippen molar-refractivity contribution in [2.45, 2.75) is 44.6 Å². The number of carbonyl (C=O) groups excluding carboxylic acids is 1. The van der Waals surface area contributed by atoms with Crippen LogP contribution in [0.1, 0.15) is 48.9 Å². The first-order valence-electron chi connectivity index (χ1n) is 8.64. The number of rotatable bonds is 7. The molecule has 1 amide bonds. The summed E-state index contributed by atoms with van der Waals surface area (Å²) in [5.74, 6) is -1.09. The van der Waals surface area contributed by atoms with E-state index in [1.165, 1.54) is 50.7 Å². The van der Waals surface area contributed by atoms with E-state index in [2.05, 4.69) is 15.4 Å². The Bertz CT molecular complexity index is 686. The number of sulfonamides is 1. The van der Waals surface area contributed by atoms with Crippen LogP contribution in [0.5, 0.6) is 0 Å². The normalized spacial score (nSPS) is 16.2. The number of hydrogen-bond donors (Lipinski definition) is 3. The lowest BCUT2D eigenvalue weighted by Crippen LogP contribution is -2.36. The molecule has 1 aromatic carbocycles. The molecule has 1 fully saturated rings. The van der Waals surface area contributed by atoms with Gasteiger partial charge in [0.15, 0.2) is 0 Å². The molecule has 0 atom stereocenters. The van der Waals surface area contributed by atoms with E-state index >= 15 is 0 Å². The fourth-order valence-electron chi connectivity index (χ4n) is 2.98. The zero-order valence-electron chi connectivity index (χ0n) is 14.5. The zero-order chi connectivity index (χ0) is 18.3. The van der Waals surface area contributed by atoms with Crippen LogP contribution in [0, 0.1) is 5.82 Å². The van der Waals surface area contributed by atoms with E-state index in [4.69, 9.17) is 0 Å². The number of amides is 1. The number of nitrogens with one attached hydrogen (secondary N) is 3. The summed E-state index contributed by atoms with van der Waals surface area (Å²) in [5, 5.41) is 6.22. The molecule has 0 unspecified atom stereocenters. The van der Waals surface area contributed by atoms with Crippen LogP contribution in [-0.2, 0) is 10.0 Å². The monoisotopic (exact) mass is 371 g/mol. The number of anilines is 1. The van der Waals surface area contributed by atoms with Gasteiger partial charge in [-0.05, 0) is 31.0 Å². The summed E-state index contributed by atoms with van der Waals surface area (Å²) in [4.78, 5) is 12.1. The first-order valence-corrected chi connectivity index (χ1v) is 10.5. The zero-order valence-corrected chi connectivity index (χ0v) is 15.3. The highest BCUT2D eigenvalue weighted by atomic mass is 32.2. The number of halogens is 1. The number of hydrogen-bond acceptors (Lipinski definition) is 4. The largest absolute Gasteiger partial charge is 0.351 e. The lowest BCUT2D eigenvalue weighted by molar-refractivity contribution is 0.0953. The maximum absolute atomic E-state index is 13.6. The van der Waals surface area contributed by atoms with Crippen LogP contribution in [0.15, 0.2) is 18.2 Å². The Labute approximate surface area is 148 Å². The standard InChI is InChI=1S/C17H26FN3O3S/c1-25(23,24)21-16-12-13(8-9-15(16)18)17(22)20-11-10-19-14-6-4-2-3-5-7-14/h8-9,12,14,19,21H,2-7,10-11H2,1H3,(H,20,22). The summed E-state index contributed by atoms with van der Waals surface area (Å²) < 4.78 is 38.2. The van der Waals surface area contributed by atoms with Crippen LogP contribution in [0.2, 0.25) is 0 Å². The van der Waals surface area contributed by atoms with E-state index in [1.807, 2.05) is 0 Å². The molecule has 1 aliphatic carbocycles. The molecule has 0 bridgehead atoms. The Morgan fingerprint density at radius 2 is 1.84 bits per heavy atom. The lowest BCUT2D eigenvalue weighted by atomic mass is 10.1. The predicted molar refractivity (Wildman–Crippen MR) is 96.7 cm³/mol. The summed E-state index contributed by atoms with van der Waals surface area (Å²) in [5.41, 5.74) is -0.0197. The predicted octanol–water partition coefficient (Wildman–Crippen LogP) is 2.24. The Morgan fingerprint density at radius 1 is 1.16 bits per heavy atom. The molecule has 6 nitrogen and oxygen atoms in total. The van der Waals surface area contributed by atoms with Crippen molar-refractivity contribution in [3.63, 3.8) is 0 Å². The van der Waals surface area contributed by atoms with E-state index in [0.717, 1.165) is 12.3 Å². The van der Waals surface area contributed by atoms with Gasteiger partial charge in [0, 0.05) is 24.7 Å². The van der Waals surface area contributed by atoms with Crippen molar-refractivity contribution in [2.75, 3.05) is 24.1 Å². The fourth-order valence-corrected chi connectivity index (χ4v) is 3.54. The minimum atomic E-state index is -3.61. The molecule has 8 heteroatoms. The Hall–Kier alpha value is -1.67. The lowest BCUT2D eigenvalue weighted by Gasteiger charge is -2.16. The molecular weight excluding hydrogens is 345 g/mol. The summed E-state index contributed by atoms with van der Waals surface area (Å²) in [7, 11) is -3.61. The summed E-state index contributed by atoms with van der Waals surface area (Å²) >= 11 is 0. The SMILES string of the molecule is CS(=O)(=O)Nc1cc(C(=O)NCCNC2CCCCCC2)ccc1F. The smallest absolute Gasteiger partial charge is 0.251 e. The third kappa shape index (κ3) is 6.99. The van der Waals surface area contributed by atoms with Gasteiger partial charge in [0.05, 0.1) is 11.9 Å². The van der Waals surface area contributed by atoms with Crippen molar-refractivity contribution < 1.29 is 17.6 Å². The maximum atomic E-state index is 13.6. The van der Waals surface area contributed by atoms with Gasteiger partial charge in [-0.2, -0.15) is 0 Å². The van der Waals surface area contributed by atoms with Gasteiger partial charge in [-0.15, -0.1) is 0 Å². The van der Waals surface area contributed by atoms with Crippen molar-refractivity contribution >= 4 is 21.6 Å². The van der Waals surface area contributed by atoms with Crippen LogP contribution in [-0.4, -0.2) is 39.7 Å². The molecule has 140 valence electrons. The molecule has 3 N–H and O–H groups in total. The van der Waals surface area contributed by atoms with E-state index in [9.17, 15) is 17.6 Å². The molecule has 0 aliphatic heterocycles. The van der Waals surface area contributed by atoms with Gasteiger partial charge in [0.25, 0.3) is 5.91 Å². The second-order valence-corrected chi connectivity index (χ2v) is 8.22. The van der Waals surface area contributed by atoms with Crippen LogP contribution < -0.4 is 15.4 Å². The van der Waals surface area contributed by atoms with Gasteiger partial charge >= 0.3 is 0 Å². The van der Waals surface area contributed by atoms with Gasteiger partial charge in [0.1, 0.15) is 5.82 Å². The van der Waals surface area contributed by atoms with Gasteiger partial charge in [-0.3, -0.25) is 9.52 Å². The van der Waals surface area contributed by atoms with E-state index in [1.54, 1.807) is 0 Å². The van der Waals surface area contributed by atoms with Crippen LogP contribution in [0.4, 0.5) is 10.1 Å². The Morgan fingerprint density at radius 3 is 2.48 bits per heavy atom. The molecule has 2 rings (SSSR count). The second kappa shape index (κ2) is 9.15. The first-order chi connectivity index (χ1) is 11.8. The van der Waals surface area contributed by atoms with Crippen molar-refractivity contribution in [1.82, 2.24) is 10.6 Å². The molecule has 25 heavy (non-hydrogen) atoms. The highest BCUT2D eigenvalue weighted by molar-refractivity contribution is 7.92. The maximum Gasteiger partial charge on any atom is 0.251 e. The average molecular weight is 371 g/mol. The van der Waals surface area contributed by atoms with E-state index in [-0.39, 0.29) is 17.2 Å². The molecule has 1 aromatic rings. The van der Waals surface area contributed by atoms with Crippen molar-refractivity contribution in [3.05, 3.63) is 29.6 Å². The number of carbonyl (C=O) groups is 1. The van der Waals surface area contributed by atoms with Gasteiger partial charge in [-0.1, -0.05) is 25.7 Å². The van der Waals surface area contributed by atoms with E-state index < -0.39 is 15.8 Å². The van der Waals surface area contributed by atoms with Gasteiger partial charge in [0.2, 0.25) is 10.0 Å². The van der Waals surface area contributed by atoms with Crippen LogP contribution in [0.3, 0.4) is 0 Å². The van der Waals surface area contributed by atoms with E-state index in [0.29, 0.717) is 19.1 Å². The van der Waals surface area contributed by atoms with Crippen molar-refractivity contribution in [2.24, 2.45) is 0 Å². The molecule has 0 heterocycles. The number of benzene rings is 1. The minimum Gasteiger partial charge on any atom is -0.351 e. The van der Waals surface area contributed by atoms with Gasteiger partial charge < -0.3 is 10.6 Å². The third-order valence-corrected chi connectivity index (χ3v) is 4.81. The fraction of sp³-hybridized carbons (Fsp3) is 0.588. The molecule has 0 aromatic heterocycles. The second-order valence-electron chi connectivity index (χ2n) is 6.47. The topological polar surface area (TPSA) is 87.3 Å². The minimum absolute atomic E-state index is 0.210. The van der Waals surface area contributed by atoms with Crippen molar-refractivity contribution in [3.8, 4) is 0 Å². The molecule has 1 saturated carbocycles. The molecule has 0 spiro atoms. The summed E-state index contributed by atoms with van der Waals surface area (Å²) in [6.07, 6.45) is 8.36. The quantitative estimate of drug-likeness (QED) is 0.507. The van der Waals surface area contributed by atoms with Gasteiger partial charge in [-0.25, -0.2) is 12.8 Å². The Balaban J connectivity index is 1.83. The molecule has 0 saturated heterocycles. The first kappa shape index (κ1) is 19.7. The highest BCUT2D eigenvalue weighted by Gasteiger charge is 2.13. The highest BCUT2D eigenvalue weighted by Crippen LogP contribution is 2.18. The Kier molecular flexibility index (Phi) is 7.19. The average Bonchev–Trinajstić information content (AvgIpc) is 2.81. The summed E-state index contributed by atoms with van der Waals surface area (Å²) in [6, 6.07) is 4.11. The molecule has 1 aliphatic rings. The molecular formula is C17H26FN3O3S. The van der Waals surface area contributed by atoms with Crippen molar-refractivity contribution in [1.29, 1.82) is 0 Å². The third-order valence-electron chi connectivity index (χ3n) is 4.22. The molecule has 0 radical (unpaired) electrons. The van der Waals surface area contributed by atoms with Crippen LogP contribution in [0.25, 0.3) is 0 Å².